The van der Waals surface area contributed by atoms with E-state index in [0.29, 0.717) is 11.1 Å². The van der Waals surface area contributed by atoms with Crippen LogP contribution < -0.4 is 11.1 Å². The number of benzene rings is 1. The van der Waals surface area contributed by atoms with Crippen LogP contribution in [0.3, 0.4) is 0 Å². The molecule has 0 spiro atoms. The van der Waals surface area contributed by atoms with Crippen LogP contribution in [-0.2, 0) is 16.1 Å². The number of hydrogen-bond acceptors (Lipinski definition) is 5. The van der Waals surface area contributed by atoms with Gasteiger partial charge in [-0.05, 0) is 37.8 Å². The lowest BCUT2D eigenvalue weighted by Gasteiger charge is -2.11. The number of para-hydroxylation sites is 1. The maximum atomic E-state index is 12.3. The minimum absolute atomic E-state index is 0.0414. The molecule has 1 aliphatic carbocycles. The molecule has 1 heterocycles. The molecule has 1 aromatic carbocycles. The molecule has 1 aliphatic rings. The summed E-state index contributed by atoms with van der Waals surface area (Å²) in [5.41, 5.74) is 8.21. The van der Waals surface area contributed by atoms with E-state index in [1.165, 1.54) is 11.8 Å². The van der Waals surface area contributed by atoms with Crippen LogP contribution in [0.5, 0.6) is 0 Å². The van der Waals surface area contributed by atoms with Crippen LogP contribution in [-0.4, -0.2) is 32.3 Å². The largest absolute Gasteiger partial charge is 0.368 e. The van der Waals surface area contributed by atoms with Crippen molar-refractivity contribution < 1.29 is 9.59 Å². The molecule has 8 heteroatoms. The molecule has 0 saturated heterocycles. The lowest BCUT2D eigenvalue weighted by Crippen LogP contribution is -2.21. The maximum Gasteiger partial charge on any atom is 0.237 e. The highest BCUT2D eigenvalue weighted by Gasteiger charge is 2.31. The van der Waals surface area contributed by atoms with E-state index in [1.54, 1.807) is 4.57 Å². The van der Waals surface area contributed by atoms with Crippen LogP contribution in [0.15, 0.2) is 23.4 Å². The van der Waals surface area contributed by atoms with Crippen molar-refractivity contribution >= 4 is 29.3 Å². The highest BCUT2D eigenvalue weighted by Crippen LogP contribution is 2.40. The average molecular weight is 359 g/mol. The lowest BCUT2D eigenvalue weighted by atomic mass is 10.1. The average Bonchev–Trinajstić information content (AvgIpc) is 3.31. The highest BCUT2D eigenvalue weighted by atomic mass is 32.2. The van der Waals surface area contributed by atoms with Crippen molar-refractivity contribution in [3.8, 4) is 0 Å². The van der Waals surface area contributed by atoms with E-state index >= 15 is 0 Å². The smallest absolute Gasteiger partial charge is 0.237 e. The molecule has 1 aromatic heterocycles. The van der Waals surface area contributed by atoms with Crippen molar-refractivity contribution in [1.29, 1.82) is 0 Å². The molecule has 1 fully saturated rings. The van der Waals surface area contributed by atoms with Crippen molar-refractivity contribution in [1.82, 2.24) is 14.8 Å². The summed E-state index contributed by atoms with van der Waals surface area (Å²) in [6, 6.07) is 5.88. The Balaban J connectivity index is 1.67. The van der Waals surface area contributed by atoms with Crippen LogP contribution in [0.4, 0.5) is 5.69 Å². The Bertz CT molecular complexity index is 793. The normalized spacial score (nSPS) is 13.7. The Morgan fingerprint density at radius 2 is 1.96 bits per heavy atom. The summed E-state index contributed by atoms with van der Waals surface area (Å²) in [7, 11) is 0. The van der Waals surface area contributed by atoms with Crippen molar-refractivity contribution in [2.75, 3.05) is 11.1 Å². The number of anilines is 1. The number of aromatic nitrogens is 3. The summed E-state index contributed by atoms with van der Waals surface area (Å²) in [5.74, 6) is 0.767. The molecular formula is C17H21N5O2S. The van der Waals surface area contributed by atoms with E-state index in [2.05, 4.69) is 15.5 Å². The van der Waals surface area contributed by atoms with E-state index < -0.39 is 5.91 Å². The topological polar surface area (TPSA) is 103 Å². The number of hydrogen-bond donors (Lipinski definition) is 2. The van der Waals surface area contributed by atoms with Gasteiger partial charge in [0.1, 0.15) is 12.4 Å². The molecule has 0 aliphatic heterocycles. The number of nitrogens with one attached hydrogen (secondary N) is 1. The summed E-state index contributed by atoms with van der Waals surface area (Å²) in [6.07, 6.45) is 2.10. The van der Waals surface area contributed by atoms with Gasteiger partial charge in [0.05, 0.1) is 5.75 Å². The predicted octanol–water partition coefficient (Wildman–Crippen LogP) is 1.99. The van der Waals surface area contributed by atoms with E-state index in [-0.39, 0.29) is 18.2 Å². The van der Waals surface area contributed by atoms with Gasteiger partial charge in [-0.2, -0.15) is 0 Å². The van der Waals surface area contributed by atoms with Crippen LogP contribution in [0.1, 0.15) is 35.7 Å². The molecule has 25 heavy (non-hydrogen) atoms. The Morgan fingerprint density at radius 3 is 2.56 bits per heavy atom. The van der Waals surface area contributed by atoms with Crippen LogP contribution >= 0.6 is 11.8 Å². The number of thioether (sulfide) groups is 1. The van der Waals surface area contributed by atoms with Gasteiger partial charge in [-0.3, -0.25) is 14.2 Å². The van der Waals surface area contributed by atoms with E-state index in [1.807, 2.05) is 32.0 Å². The summed E-state index contributed by atoms with van der Waals surface area (Å²) in [5, 5.41) is 11.8. The second-order valence-electron chi connectivity index (χ2n) is 6.27. The fourth-order valence-corrected chi connectivity index (χ4v) is 3.42. The SMILES string of the molecule is Cc1cccc(C)c1NC(=O)CSc1nnc(C2CC2)n1CC(N)=O. The minimum Gasteiger partial charge on any atom is -0.368 e. The Labute approximate surface area is 150 Å². The summed E-state index contributed by atoms with van der Waals surface area (Å²) in [6.45, 7) is 3.96. The first-order valence-electron chi connectivity index (χ1n) is 8.16. The fourth-order valence-electron chi connectivity index (χ4n) is 2.67. The molecule has 0 unspecified atom stereocenters. The Hall–Kier alpha value is -2.35. The quantitative estimate of drug-likeness (QED) is 0.736. The zero-order chi connectivity index (χ0) is 18.0. The highest BCUT2D eigenvalue weighted by molar-refractivity contribution is 7.99. The number of carbonyl (C=O) groups is 2. The van der Waals surface area contributed by atoms with Gasteiger partial charge in [0, 0.05) is 11.6 Å². The van der Waals surface area contributed by atoms with E-state index in [4.69, 9.17) is 5.73 Å². The van der Waals surface area contributed by atoms with Gasteiger partial charge in [0.25, 0.3) is 0 Å². The number of rotatable bonds is 7. The van der Waals surface area contributed by atoms with Gasteiger partial charge in [-0.1, -0.05) is 30.0 Å². The molecule has 2 aromatic rings. The standard InChI is InChI=1S/C17H21N5O2S/c1-10-4-3-5-11(2)15(10)19-14(24)9-25-17-21-20-16(12-6-7-12)22(17)8-13(18)23/h3-5,12H,6-9H2,1-2H3,(H2,18,23)(H,19,24). The predicted molar refractivity (Wildman–Crippen MR) is 96.5 cm³/mol. The molecule has 0 bridgehead atoms. The molecule has 0 atom stereocenters. The van der Waals surface area contributed by atoms with E-state index in [0.717, 1.165) is 35.5 Å². The zero-order valence-electron chi connectivity index (χ0n) is 14.3. The second kappa shape index (κ2) is 7.26. The second-order valence-corrected chi connectivity index (χ2v) is 7.21. The third-order valence-corrected chi connectivity index (χ3v) is 5.05. The molecule has 1 saturated carbocycles. The van der Waals surface area contributed by atoms with Crippen molar-refractivity contribution in [3.05, 3.63) is 35.2 Å². The zero-order valence-corrected chi connectivity index (χ0v) is 15.1. The van der Waals surface area contributed by atoms with Crippen LogP contribution in [0.2, 0.25) is 0 Å². The Kier molecular flexibility index (Phi) is 5.08. The molecular weight excluding hydrogens is 338 g/mol. The van der Waals surface area contributed by atoms with Crippen molar-refractivity contribution in [3.63, 3.8) is 0 Å². The number of nitrogens with zero attached hydrogens (tertiary/aromatic N) is 3. The van der Waals surface area contributed by atoms with E-state index in [9.17, 15) is 9.59 Å². The lowest BCUT2D eigenvalue weighted by molar-refractivity contribution is -0.118. The maximum absolute atomic E-state index is 12.3. The summed E-state index contributed by atoms with van der Waals surface area (Å²) >= 11 is 1.26. The van der Waals surface area contributed by atoms with Gasteiger partial charge >= 0.3 is 0 Å². The van der Waals surface area contributed by atoms with Gasteiger partial charge in [-0.15, -0.1) is 10.2 Å². The number of nitrogens with two attached hydrogens (primary N) is 1. The first kappa shape index (κ1) is 17.5. The summed E-state index contributed by atoms with van der Waals surface area (Å²) < 4.78 is 1.73. The number of primary amides is 1. The van der Waals surface area contributed by atoms with Crippen molar-refractivity contribution in [2.45, 2.75) is 44.3 Å². The first-order valence-corrected chi connectivity index (χ1v) is 9.14. The monoisotopic (exact) mass is 359 g/mol. The molecule has 3 N–H and O–H groups in total. The van der Waals surface area contributed by atoms with Crippen LogP contribution in [0, 0.1) is 13.8 Å². The first-order chi connectivity index (χ1) is 12.0. The number of carbonyl (C=O) groups excluding carboxylic acids is 2. The third kappa shape index (κ3) is 4.19. The van der Waals surface area contributed by atoms with Gasteiger partial charge in [0.15, 0.2) is 5.16 Å². The number of aryl methyl sites for hydroxylation is 2. The molecule has 2 amide bonds. The third-order valence-electron chi connectivity index (χ3n) is 4.08. The fraction of sp³-hybridized carbons (Fsp3) is 0.412. The van der Waals surface area contributed by atoms with Crippen molar-refractivity contribution in [2.24, 2.45) is 5.73 Å². The van der Waals surface area contributed by atoms with Crippen LogP contribution in [0.25, 0.3) is 0 Å². The number of amides is 2. The Morgan fingerprint density at radius 1 is 1.28 bits per heavy atom. The minimum atomic E-state index is -0.441. The molecule has 0 radical (unpaired) electrons. The molecule has 7 nitrogen and oxygen atoms in total. The molecule has 3 rings (SSSR count). The molecule has 132 valence electrons. The summed E-state index contributed by atoms with van der Waals surface area (Å²) in [4.78, 5) is 23.6. The van der Waals surface area contributed by atoms with Gasteiger partial charge in [-0.25, -0.2) is 0 Å². The van der Waals surface area contributed by atoms with Gasteiger partial charge < -0.3 is 11.1 Å². The van der Waals surface area contributed by atoms with Gasteiger partial charge in [0.2, 0.25) is 11.8 Å².